The van der Waals surface area contributed by atoms with Crippen molar-refractivity contribution in [2.24, 2.45) is 0 Å². The second kappa shape index (κ2) is 5.01. The van der Waals surface area contributed by atoms with E-state index in [0.29, 0.717) is 16.9 Å². The molecule has 0 radical (unpaired) electrons. The monoisotopic (exact) mass is 282 g/mol. The third-order valence-corrected chi connectivity index (χ3v) is 3.72. The van der Waals surface area contributed by atoms with Crippen LogP contribution in [0.5, 0.6) is 0 Å². The highest BCUT2D eigenvalue weighted by Gasteiger charge is 2.37. The van der Waals surface area contributed by atoms with Crippen molar-refractivity contribution < 1.29 is 14.7 Å². The minimum atomic E-state index is -0.921. The average Bonchev–Trinajstić information content (AvgIpc) is 2.87. The van der Waals surface area contributed by atoms with Gasteiger partial charge in [0.15, 0.2) is 0 Å². The van der Waals surface area contributed by atoms with Crippen molar-refractivity contribution in [1.29, 1.82) is 0 Å². The Kier molecular flexibility index (Phi) is 3.17. The number of hydrogen-bond donors (Lipinski definition) is 1. The van der Waals surface area contributed by atoms with Gasteiger partial charge in [0.2, 0.25) is 0 Å². The third kappa shape index (κ3) is 2.16. The van der Waals surface area contributed by atoms with Crippen LogP contribution in [0.15, 0.2) is 42.6 Å². The molecule has 0 spiro atoms. The number of pyridine rings is 1. The Bertz CT molecular complexity index is 727. The molecular weight excluding hydrogens is 268 g/mol. The number of aliphatic carboxylic acids is 1. The maximum atomic E-state index is 12.7. The summed E-state index contributed by atoms with van der Waals surface area (Å²) < 4.78 is 0. The lowest BCUT2D eigenvalue weighted by atomic mass is 10.0. The molecule has 0 saturated heterocycles. The van der Waals surface area contributed by atoms with Crippen LogP contribution in [-0.4, -0.2) is 28.5 Å². The molecule has 1 amide bonds. The van der Waals surface area contributed by atoms with E-state index in [4.69, 9.17) is 0 Å². The first-order valence-electron chi connectivity index (χ1n) is 6.65. The summed E-state index contributed by atoms with van der Waals surface area (Å²) in [7, 11) is 0. The second-order valence-electron chi connectivity index (χ2n) is 5.03. The van der Waals surface area contributed by atoms with E-state index in [1.165, 1.54) is 4.90 Å². The number of aromatic nitrogens is 1. The molecule has 0 bridgehead atoms. The molecule has 1 aliphatic heterocycles. The number of carbonyl (C=O) groups excluding carboxylic acids is 1. The number of aryl methyl sites for hydroxylation is 1. The van der Waals surface area contributed by atoms with Gasteiger partial charge in [0.1, 0.15) is 11.6 Å². The van der Waals surface area contributed by atoms with Crippen molar-refractivity contribution in [3.63, 3.8) is 0 Å². The number of rotatable bonds is 2. The van der Waals surface area contributed by atoms with Gasteiger partial charge in [-0.25, -0.2) is 0 Å². The molecule has 0 saturated carbocycles. The quantitative estimate of drug-likeness (QED) is 0.916. The van der Waals surface area contributed by atoms with Crippen LogP contribution in [0.1, 0.15) is 27.5 Å². The highest BCUT2D eigenvalue weighted by atomic mass is 16.4. The van der Waals surface area contributed by atoms with Gasteiger partial charge in [0.25, 0.3) is 5.91 Å². The number of hydrogen-bond acceptors (Lipinski definition) is 3. The Labute approximate surface area is 121 Å². The maximum Gasteiger partial charge on any atom is 0.312 e. The number of nitrogens with zero attached hydrogens (tertiary/aromatic N) is 2. The highest BCUT2D eigenvalue weighted by Crippen LogP contribution is 2.37. The number of amides is 1. The Morgan fingerprint density at radius 2 is 2.00 bits per heavy atom. The average molecular weight is 282 g/mol. The van der Waals surface area contributed by atoms with Gasteiger partial charge in [-0.15, -0.1) is 0 Å². The van der Waals surface area contributed by atoms with E-state index in [2.05, 4.69) is 4.98 Å². The van der Waals surface area contributed by atoms with Crippen LogP contribution >= 0.6 is 0 Å². The third-order valence-electron chi connectivity index (χ3n) is 3.72. The molecule has 21 heavy (non-hydrogen) atoms. The smallest absolute Gasteiger partial charge is 0.312 e. The lowest BCUT2D eigenvalue weighted by Crippen LogP contribution is -2.32. The molecule has 2 heterocycles. The number of fused-ring (bicyclic) bond motifs is 1. The molecule has 1 N–H and O–H groups in total. The molecule has 5 nitrogen and oxygen atoms in total. The first-order valence-corrected chi connectivity index (χ1v) is 6.65. The van der Waals surface area contributed by atoms with Crippen LogP contribution < -0.4 is 4.90 Å². The predicted molar refractivity (Wildman–Crippen MR) is 77.5 cm³/mol. The van der Waals surface area contributed by atoms with Crippen LogP contribution in [0.3, 0.4) is 0 Å². The van der Waals surface area contributed by atoms with Gasteiger partial charge in [-0.1, -0.05) is 24.3 Å². The highest BCUT2D eigenvalue weighted by molar-refractivity contribution is 6.08. The molecule has 1 aromatic carbocycles. The fourth-order valence-corrected chi connectivity index (χ4v) is 2.65. The summed E-state index contributed by atoms with van der Waals surface area (Å²) in [6.07, 6.45) is 1.57. The van der Waals surface area contributed by atoms with Crippen molar-refractivity contribution in [2.75, 3.05) is 11.4 Å². The molecule has 5 heteroatoms. The van der Waals surface area contributed by atoms with Crippen LogP contribution in [0.4, 0.5) is 5.69 Å². The van der Waals surface area contributed by atoms with Gasteiger partial charge >= 0.3 is 5.97 Å². The standard InChI is InChI=1S/C16H14N2O3/c1-10-5-4-8-17-14(10)15(19)18-9-12(16(20)21)11-6-2-3-7-13(11)18/h2-8,12H,9H2,1H3,(H,20,21). The SMILES string of the molecule is Cc1cccnc1C(=O)N1CC(C(=O)O)c2ccccc21. The topological polar surface area (TPSA) is 70.5 Å². The second-order valence-corrected chi connectivity index (χ2v) is 5.03. The zero-order chi connectivity index (χ0) is 15.0. The summed E-state index contributed by atoms with van der Waals surface area (Å²) in [6.45, 7) is 1.96. The number of para-hydroxylation sites is 1. The normalized spacial score (nSPS) is 16.6. The fraction of sp³-hybridized carbons (Fsp3) is 0.188. The van der Waals surface area contributed by atoms with Crippen LogP contribution in [0, 0.1) is 6.92 Å². The number of carboxylic acids is 1. The number of carboxylic acid groups (broad SMARTS) is 1. The number of anilines is 1. The zero-order valence-corrected chi connectivity index (χ0v) is 11.5. The Balaban J connectivity index is 2.03. The van der Waals surface area contributed by atoms with Crippen molar-refractivity contribution in [3.05, 3.63) is 59.4 Å². The van der Waals surface area contributed by atoms with E-state index in [1.807, 2.05) is 13.0 Å². The molecular formula is C16H14N2O3. The Morgan fingerprint density at radius 3 is 2.71 bits per heavy atom. The van der Waals surface area contributed by atoms with E-state index in [0.717, 1.165) is 5.56 Å². The van der Waals surface area contributed by atoms with Crippen molar-refractivity contribution >= 4 is 17.6 Å². The van der Waals surface area contributed by atoms with Crippen molar-refractivity contribution in [1.82, 2.24) is 4.98 Å². The lowest BCUT2D eigenvalue weighted by molar-refractivity contribution is -0.138. The molecule has 0 fully saturated rings. The molecule has 106 valence electrons. The summed E-state index contributed by atoms with van der Waals surface area (Å²) in [5.41, 5.74) is 2.46. The molecule has 2 aromatic rings. The van der Waals surface area contributed by atoms with Gasteiger partial charge in [-0.05, 0) is 30.2 Å². The minimum absolute atomic E-state index is 0.142. The first kappa shape index (κ1) is 13.3. The van der Waals surface area contributed by atoms with E-state index in [-0.39, 0.29) is 12.5 Å². The molecule has 1 aliphatic rings. The zero-order valence-electron chi connectivity index (χ0n) is 11.5. The number of carbonyl (C=O) groups is 2. The Hall–Kier alpha value is -2.69. The van der Waals surface area contributed by atoms with E-state index in [9.17, 15) is 14.7 Å². The molecule has 1 unspecified atom stereocenters. The largest absolute Gasteiger partial charge is 0.481 e. The lowest BCUT2D eigenvalue weighted by Gasteiger charge is -2.17. The molecule has 1 atom stereocenters. The van der Waals surface area contributed by atoms with E-state index in [1.54, 1.807) is 36.5 Å². The first-order chi connectivity index (χ1) is 10.1. The summed E-state index contributed by atoms with van der Waals surface area (Å²) in [5.74, 6) is -1.87. The van der Waals surface area contributed by atoms with Crippen LogP contribution in [0.2, 0.25) is 0 Å². The van der Waals surface area contributed by atoms with E-state index >= 15 is 0 Å². The predicted octanol–water partition coefficient (Wildman–Crippen LogP) is 2.22. The van der Waals surface area contributed by atoms with E-state index < -0.39 is 11.9 Å². The van der Waals surface area contributed by atoms with Crippen molar-refractivity contribution in [3.8, 4) is 0 Å². The maximum absolute atomic E-state index is 12.7. The summed E-state index contributed by atoms with van der Waals surface area (Å²) >= 11 is 0. The fourth-order valence-electron chi connectivity index (χ4n) is 2.65. The van der Waals surface area contributed by atoms with Crippen LogP contribution in [-0.2, 0) is 4.79 Å². The van der Waals surface area contributed by atoms with Gasteiger partial charge < -0.3 is 10.0 Å². The van der Waals surface area contributed by atoms with Gasteiger partial charge in [0, 0.05) is 18.4 Å². The van der Waals surface area contributed by atoms with Gasteiger partial charge in [-0.2, -0.15) is 0 Å². The summed E-state index contributed by atoms with van der Waals surface area (Å²) in [4.78, 5) is 29.7. The molecule has 0 aliphatic carbocycles. The summed E-state index contributed by atoms with van der Waals surface area (Å²) in [6, 6.07) is 10.7. The summed E-state index contributed by atoms with van der Waals surface area (Å²) in [5, 5.41) is 9.33. The number of benzene rings is 1. The van der Waals surface area contributed by atoms with Gasteiger partial charge in [-0.3, -0.25) is 14.6 Å². The minimum Gasteiger partial charge on any atom is -0.481 e. The van der Waals surface area contributed by atoms with Crippen molar-refractivity contribution in [2.45, 2.75) is 12.8 Å². The molecule has 1 aromatic heterocycles. The van der Waals surface area contributed by atoms with Gasteiger partial charge in [0.05, 0.1) is 0 Å². The van der Waals surface area contributed by atoms with Crippen LogP contribution in [0.25, 0.3) is 0 Å². The Morgan fingerprint density at radius 1 is 1.24 bits per heavy atom. The molecule has 3 rings (SSSR count).